The molecule has 0 bridgehead atoms. The van der Waals surface area contributed by atoms with Crippen molar-refractivity contribution in [1.82, 2.24) is 0 Å². The van der Waals surface area contributed by atoms with E-state index >= 15 is 0 Å². The second-order valence-electron chi connectivity index (χ2n) is 3.46. The molecule has 1 rings (SSSR count). The number of rotatable bonds is 5. The topological polar surface area (TPSA) is 87.6 Å². The van der Waals surface area contributed by atoms with Crippen molar-refractivity contribution < 1.29 is 27.4 Å². The van der Waals surface area contributed by atoms with Crippen LogP contribution in [0.1, 0.15) is 0 Å². The fourth-order valence-electron chi connectivity index (χ4n) is 1.05. The van der Waals surface area contributed by atoms with Crippen molar-refractivity contribution in [3.05, 3.63) is 22.7 Å². The van der Waals surface area contributed by atoms with E-state index in [-0.39, 0.29) is 16.8 Å². The molecule has 9 heteroatoms. The van der Waals surface area contributed by atoms with Gasteiger partial charge in [0.25, 0.3) is 0 Å². The van der Waals surface area contributed by atoms with Crippen LogP contribution in [0.5, 0.6) is 11.5 Å². The van der Waals surface area contributed by atoms with Gasteiger partial charge in [-0.25, -0.2) is 0 Å². The molecule has 0 aliphatic heterocycles. The highest BCUT2D eigenvalue weighted by molar-refractivity contribution is 9.10. The summed E-state index contributed by atoms with van der Waals surface area (Å²) in [6.45, 7) is -0.179. The predicted molar refractivity (Wildman–Crippen MR) is 63.5 cm³/mol. The largest absolute Gasteiger partial charge is 0.573 e. The quantitative estimate of drug-likeness (QED) is 0.849. The Hall–Kier alpha value is -1.48. The first-order chi connectivity index (χ1) is 8.69. The molecule has 0 saturated heterocycles. The Balaban J connectivity index is 2.69. The number of ether oxygens (including phenoxy) is 2. The molecule has 0 spiro atoms. The van der Waals surface area contributed by atoms with Gasteiger partial charge in [-0.15, -0.1) is 13.2 Å². The van der Waals surface area contributed by atoms with Crippen LogP contribution in [0.2, 0.25) is 0 Å². The summed E-state index contributed by atoms with van der Waals surface area (Å²) in [5, 5.41) is 0. The van der Waals surface area contributed by atoms with Crippen LogP contribution in [0.25, 0.3) is 0 Å². The summed E-state index contributed by atoms with van der Waals surface area (Å²) in [4.78, 5) is 10.7. The monoisotopic (exact) mass is 342 g/mol. The summed E-state index contributed by atoms with van der Waals surface area (Å²) >= 11 is 2.91. The van der Waals surface area contributed by atoms with Crippen LogP contribution in [0.15, 0.2) is 22.7 Å². The van der Waals surface area contributed by atoms with E-state index in [9.17, 15) is 18.0 Å². The van der Waals surface area contributed by atoms with Gasteiger partial charge in [-0.1, -0.05) is 0 Å². The van der Waals surface area contributed by atoms with Gasteiger partial charge >= 0.3 is 6.36 Å². The number of primary amides is 1. The Morgan fingerprint density at radius 2 is 2.05 bits per heavy atom. The molecule has 1 unspecified atom stereocenters. The molecule has 0 radical (unpaired) electrons. The average Bonchev–Trinajstić information content (AvgIpc) is 2.27. The van der Waals surface area contributed by atoms with Crippen molar-refractivity contribution in [3.8, 4) is 11.5 Å². The Kier molecular flexibility index (Phi) is 5.01. The van der Waals surface area contributed by atoms with Crippen LogP contribution in [0, 0.1) is 0 Å². The number of carbonyl (C=O) groups excluding carboxylic acids is 1. The lowest BCUT2D eigenvalue weighted by Crippen LogP contribution is -2.41. The fraction of sp³-hybridized carbons (Fsp3) is 0.300. The third-order valence-electron chi connectivity index (χ3n) is 1.92. The number of hydrogen-bond acceptors (Lipinski definition) is 4. The Morgan fingerprint density at radius 1 is 1.42 bits per heavy atom. The molecule has 1 aromatic carbocycles. The number of nitrogens with two attached hydrogens (primary N) is 2. The van der Waals surface area contributed by atoms with Gasteiger partial charge in [0.2, 0.25) is 5.91 Å². The van der Waals surface area contributed by atoms with Crippen molar-refractivity contribution in [2.45, 2.75) is 12.4 Å². The molecule has 1 amide bonds. The minimum absolute atomic E-state index is 0.0509. The van der Waals surface area contributed by atoms with Gasteiger partial charge < -0.3 is 20.9 Å². The summed E-state index contributed by atoms with van der Waals surface area (Å²) in [5.74, 6) is -0.923. The molecule has 5 nitrogen and oxygen atoms in total. The number of halogens is 4. The Bertz CT molecular complexity index is 468. The molecular formula is C10H10BrF3N2O3. The Morgan fingerprint density at radius 3 is 2.53 bits per heavy atom. The van der Waals surface area contributed by atoms with Crippen molar-refractivity contribution in [2.24, 2.45) is 11.5 Å². The zero-order valence-corrected chi connectivity index (χ0v) is 11.0. The van der Waals surface area contributed by atoms with E-state index in [0.29, 0.717) is 0 Å². The molecule has 0 aliphatic carbocycles. The summed E-state index contributed by atoms with van der Waals surface area (Å²) in [5.41, 5.74) is 10.3. The zero-order valence-electron chi connectivity index (χ0n) is 9.41. The first-order valence-corrected chi connectivity index (χ1v) is 5.71. The van der Waals surface area contributed by atoms with E-state index < -0.39 is 24.1 Å². The lowest BCUT2D eigenvalue weighted by Gasteiger charge is -2.13. The van der Waals surface area contributed by atoms with Gasteiger partial charge in [0.05, 0.1) is 4.47 Å². The normalized spacial score (nSPS) is 12.9. The minimum Gasteiger partial charge on any atom is -0.491 e. The highest BCUT2D eigenvalue weighted by atomic mass is 79.9. The number of carbonyl (C=O) groups is 1. The molecule has 0 heterocycles. The first-order valence-electron chi connectivity index (χ1n) is 4.92. The predicted octanol–water partition coefficient (Wildman–Crippen LogP) is 1.54. The van der Waals surface area contributed by atoms with Gasteiger partial charge in [-0.05, 0) is 34.1 Å². The van der Waals surface area contributed by atoms with Crippen LogP contribution in [-0.4, -0.2) is 24.9 Å². The average molecular weight is 343 g/mol. The fourth-order valence-corrected chi connectivity index (χ4v) is 1.49. The third kappa shape index (κ3) is 5.35. The van der Waals surface area contributed by atoms with Crippen molar-refractivity contribution in [1.29, 1.82) is 0 Å². The number of benzene rings is 1. The van der Waals surface area contributed by atoms with Gasteiger partial charge in [-0.3, -0.25) is 4.79 Å². The smallest absolute Gasteiger partial charge is 0.491 e. The maximum absolute atomic E-state index is 12.0. The minimum atomic E-state index is -4.78. The maximum Gasteiger partial charge on any atom is 0.573 e. The maximum atomic E-state index is 12.0. The second-order valence-corrected chi connectivity index (χ2v) is 4.31. The number of alkyl halides is 3. The first kappa shape index (κ1) is 15.6. The SMILES string of the molecule is NC(=O)C(N)COc1ccc(OC(F)(F)F)c(Br)c1. The van der Waals surface area contributed by atoms with E-state index in [1.165, 1.54) is 12.1 Å². The summed E-state index contributed by atoms with van der Waals surface area (Å²) in [6.07, 6.45) is -4.78. The molecule has 1 atom stereocenters. The van der Waals surface area contributed by atoms with Crippen LogP contribution in [0.4, 0.5) is 13.2 Å². The molecule has 19 heavy (non-hydrogen) atoms. The summed E-state index contributed by atoms with van der Waals surface area (Å²) in [7, 11) is 0. The summed E-state index contributed by atoms with van der Waals surface area (Å²) < 4.78 is 45.0. The third-order valence-corrected chi connectivity index (χ3v) is 2.54. The molecule has 0 aliphatic rings. The number of hydrogen-bond donors (Lipinski definition) is 2. The van der Waals surface area contributed by atoms with Gasteiger partial charge in [0, 0.05) is 0 Å². The highest BCUT2D eigenvalue weighted by Gasteiger charge is 2.32. The second kappa shape index (κ2) is 6.11. The van der Waals surface area contributed by atoms with Crippen LogP contribution in [-0.2, 0) is 4.79 Å². The van der Waals surface area contributed by atoms with E-state index in [1.807, 2.05) is 0 Å². The molecule has 0 aromatic heterocycles. The van der Waals surface area contributed by atoms with E-state index in [2.05, 4.69) is 20.7 Å². The molecule has 1 aromatic rings. The molecular weight excluding hydrogens is 333 g/mol. The van der Waals surface area contributed by atoms with Crippen LogP contribution in [0.3, 0.4) is 0 Å². The van der Waals surface area contributed by atoms with E-state index in [4.69, 9.17) is 16.2 Å². The standard InChI is InChI=1S/C10H10BrF3N2O3/c11-6-3-5(18-4-7(15)9(16)17)1-2-8(6)19-10(12,13)14/h1-3,7H,4,15H2,(H2,16,17). The van der Waals surface area contributed by atoms with Gasteiger partial charge in [0.15, 0.2) is 0 Å². The van der Waals surface area contributed by atoms with Gasteiger partial charge in [0.1, 0.15) is 24.1 Å². The molecule has 4 N–H and O–H groups in total. The lowest BCUT2D eigenvalue weighted by molar-refractivity contribution is -0.274. The van der Waals surface area contributed by atoms with Crippen LogP contribution < -0.4 is 20.9 Å². The molecule has 106 valence electrons. The van der Waals surface area contributed by atoms with E-state index in [0.717, 1.165) is 6.07 Å². The zero-order chi connectivity index (χ0) is 14.6. The van der Waals surface area contributed by atoms with Crippen molar-refractivity contribution in [2.75, 3.05) is 6.61 Å². The summed E-state index contributed by atoms with van der Waals surface area (Å²) in [6, 6.07) is 2.58. The van der Waals surface area contributed by atoms with E-state index in [1.54, 1.807) is 0 Å². The molecule has 0 saturated carbocycles. The Labute approximate surface area is 114 Å². The lowest BCUT2D eigenvalue weighted by atomic mass is 10.3. The number of amides is 1. The van der Waals surface area contributed by atoms with Gasteiger partial charge in [-0.2, -0.15) is 0 Å². The van der Waals surface area contributed by atoms with Crippen LogP contribution >= 0.6 is 15.9 Å². The highest BCUT2D eigenvalue weighted by Crippen LogP contribution is 2.33. The van der Waals surface area contributed by atoms with Crippen molar-refractivity contribution >= 4 is 21.8 Å². The molecule has 0 fully saturated rings. The van der Waals surface area contributed by atoms with Crippen molar-refractivity contribution in [3.63, 3.8) is 0 Å².